The van der Waals surface area contributed by atoms with Crippen molar-refractivity contribution in [3.05, 3.63) is 30.5 Å². The SMILES string of the molecule is CC=NNC(N)=Nc1c[nH]c2ccccc12. The first-order chi connectivity index (χ1) is 7.81. The van der Waals surface area contributed by atoms with Crippen LogP contribution in [0.25, 0.3) is 10.9 Å². The number of benzene rings is 1. The summed E-state index contributed by atoms with van der Waals surface area (Å²) >= 11 is 0. The lowest BCUT2D eigenvalue weighted by Crippen LogP contribution is -2.26. The van der Waals surface area contributed by atoms with Crippen molar-refractivity contribution in [2.75, 3.05) is 0 Å². The van der Waals surface area contributed by atoms with Crippen molar-refractivity contribution in [2.45, 2.75) is 6.92 Å². The number of para-hydroxylation sites is 1. The molecule has 0 saturated heterocycles. The predicted molar refractivity (Wildman–Crippen MR) is 66.9 cm³/mol. The molecule has 5 nitrogen and oxygen atoms in total. The van der Waals surface area contributed by atoms with Crippen molar-refractivity contribution in [1.29, 1.82) is 0 Å². The molecule has 0 aliphatic heterocycles. The quantitative estimate of drug-likeness (QED) is 0.405. The number of H-pyrrole nitrogens is 1. The van der Waals surface area contributed by atoms with E-state index in [1.165, 1.54) is 0 Å². The Morgan fingerprint density at radius 2 is 2.25 bits per heavy atom. The molecule has 0 bridgehead atoms. The molecule has 4 N–H and O–H groups in total. The number of aromatic amines is 1. The van der Waals surface area contributed by atoms with E-state index in [0.29, 0.717) is 0 Å². The van der Waals surface area contributed by atoms with Crippen molar-refractivity contribution >= 4 is 28.8 Å². The zero-order chi connectivity index (χ0) is 11.4. The molecule has 0 unspecified atom stereocenters. The van der Waals surface area contributed by atoms with E-state index < -0.39 is 0 Å². The number of aliphatic imine (C=N–C) groups is 1. The van der Waals surface area contributed by atoms with Gasteiger partial charge in [0.2, 0.25) is 5.96 Å². The zero-order valence-electron chi connectivity index (χ0n) is 8.94. The maximum absolute atomic E-state index is 5.65. The summed E-state index contributed by atoms with van der Waals surface area (Å²) in [6.07, 6.45) is 3.42. The van der Waals surface area contributed by atoms with Crippen molar-refractivity contribution in [2.24, 2.45) is 15.8 Å². The fourth-order valence-corrected chi connectivity index (χ4v) is 1.43. The van der Waals surface area contributed by atoms with Gasteiger partial charge in [-0.1, -0.05) is 18.2 Å². The van der Waals surface area contributed by atoms with Gasteiger partial charge in [-0.2, -0.15) is 5.10 Å². The van der Waals surface area contributed by atoms with E-state index in [0.717, 1.165) is 16.6 Å². The molecule has 0 aliphatic carbocycles. The molecular formula is C11H13N5. The summed E-state index contributed by atoms with van der Waals surface area (Å²) < 4.78 is 0. The smallest absolute Gasteiger partial charge is 0.214 e. The first-order valence-electron chi connectivity index (χ1n) is 4.95. The Bertz CT molecular complexity index is 538. The van der Waals surface area contributed by atoms with Gasteiger partial charge in [0.05, 0.1) is 5.69 Å². The summed E-state index contributed by atoms with van der Waals surface area (Å²) in [5.41, 5.74) is 10.1. The molecule has 0 saturated carbocycles. The van der Waals surface area contributed by atoms with Gasteiger partial charge in [-0.05, 0) is 13.0 Å². The van der Waals surface area contributed by atoms with Gasteiger partial charge in [0, 0.05) is 23.3 Å². The third-order valence-corrected chi connectivity index (χ3v) is 2.12. The molecule has 0 amide bonds. The number of guanidine groups is 1. The fourth-order valence-electron chi connectivity index (χ4n) is 1.43. The van der Waals surface area contributed by atoms with Crippen LogP contribution in [0.3, 0.4) is 0 Å². The van der Waals surface area contributed by atoms with Gasteiger partial charge >= 0.3 is 0 Å². The van der Waals surface area contributed by atoms with Crippen LogP contribution in [0.15, 0.2) is 40.6 Å². The van der Waals surface area contributed by atoms with Crippen LogP contribution in [0.2, 0.25) is 0 Å². The van der Waals surface area contributed by atoms with E-state index in [9.17, 15) is 0 Å². The van der Waals surface area contributed by atoms with E-state index in [1.807, 2.05) is 30.5 Å². The Morgan fingerprint density at radius 1 is 1.44 bits per heavy atom. The second-order valence-corrected chi connectivity index (χ2v) is 3.22. The first-order valence-corrected chi connectivity index (χ1v) is 4.95. The molecule has 16 heavy (non-hydrogen) atoms. The Labute approximate surface area is 93.1 Å². The van der Waals surface area contributed by atoms with Crippen LogP contribution in [-0.4, -0.2) is 17.2 Å². The molecule has 0 aliphatic rings. The van der Waals surface area contributed by atoms with Crippen LogP contribution in [0.1, 0.15) is 6.92 Å². The van der Waals surface area contributed by atoms with Gasteiger partial charge in [-0.25, -0.2) is 10.4 Å². The van der Waals surface area contributed by atoms with E-state index in [2.05, 4.69) is 20.5 Å². The maximum atomic E-state index is 5.65. The predicted octanol–water partition coefficient (Wildman–Crippen LogP) is 1.71. The largest absolute Gasteiger partial charge is 0.368 e. The first kappa shape index (κ1) is 10.2. The van der Waals surface area contributed by atoms with Crippen LogP contribution < -0.4 is 11.2 Å². The Morgan fingerprint density at radius 3 is 3.06 bits per heavy atom. The van der Waals surface area contributed by atoms with Gasteiger partial charge < -0.3 is 10.7 Å². The minimum atomic E-state index is 0.267. The summed E-state index contributed by atoms with van der Waals surface area (Å²) in [5.74, 6) is 0.267. The van der Waals surface area contributed by atoms with Crippen LogP contribution in [0.5, 0.6) is 0 Å². The standard InChI is InChI=1S/C11H13N5/c1-2-14-16-11(12)15-10-7-13-9-6-4-3-5-8(9)10/h2-7,13H,1H3,(H3,12,15,16). The Kier molecular flexibility index (Phi) is 2.86. The molecule has 5 heteroatoms. The molecular weight excluding hydrogens is 202 g/mol. The topological polar surface area (TPSA) is 78.6 Å². The number of fused-ring (bicyclic) bond motifs is 1. The molecule has 0 radical (unpaired) electrons. The number of nitrogens with two attached hydrogens (primary N) is 1. The Balaban J connectivity index is 2.33. The van der Waals surface area contributed by atoms with Crippen LogP contribution in [0, 0.1) is 0 Å². The molecule has 0 spiro atoms. The molecule has 82 valence electrons. The van der Waals surface area contributed by atoms with Crippen molar-refractivity contribution in [1.82, 2.24) is 10.4 Å². The van der Waals surface area contributed by atoms with Crippen LogP contribution >= 0.6 is 0 Å². The molecule has 0 atom stereocenters. The second kappa shape index (κ2) is 4.48. The average molecular weight is 215 g/mol. The highest BCUT2D eigenvalue weighted by Gasteiger charge is 2.01. The minimum absolute atomic E-state index is 0.267. The molecule has 1 aromatic carbocycles. The summed E-state index contributed by atoms with van der Waals surface area (Å²) in [6, 6.07) is 7.90. The highest BCUT2D eigenvalue weighted by atomic mass is 15.3. The molecule has 1 aromatic heterocycles. The van der Waals surface area contributed by atoms with E-state index in [-0.39, 0.29) is 5.96 Å². The van der Waals surface area contributed by atoms with Crippen LogP contribution in [-0.2, 0) is 0 Å². The number of hydrogen-bond acceptors (Lipinski definition) is 2. The summed E-state index contributed by atoms with van der Waals surface area (Å²) in [5, 5.41) is 4.83. The summed E-state index contributed by atoms with van der Waals surface area (Å²) in [6.45, 7) is 1.80. The van der Waals surface area contributed by atoms with E-state index >= 15 is 0 Å². The van der Waals surface area contributed by atoms with Crippen LogP contribution in [0.4, 0.5) is 5.69 Å². The molecule has 2 aromatic rings. The summed E-state index contributed by atoms with van der Waals surface area (Å²) in [4.78, 5) is 7.34. The third kappa shape index (κ3) is 2.03. The molecule has 1 heterocycles. The zero-order valence-corrected chi connectivity index (χ0v) is 8.94. The van der Waals surface area contributed by atoms with Gasteiger partial charge in [-0.15, -0.1) is 0 Å². The summed E-state index contributed by atoms with van der Waals surface area (Å²) in [7, 11) is 0. The lowest BCUT2D eigenvalue weighted by atomic mass is 10.2. The van der Waals surface area contributed by atoms with Gasteiger partial charge in [0.15, 0.2) is 0 Å². The number of hydrazone groups is 1. The average Bonchev–Trinajstić information content (AvgIpc) is 2.70. The van der Waals surface area contributed by atoms with Gasteiger partial charge in [0.25, 0.3) is 0 Å². The number of nitrogens with zero attached hydrogens (tertiary/aromatic N) is 2. The van der Waals surface area contributed by atoms with Crippen molar-refractivity contribution in [3.63, 3.8) is 0 Å². The van der Waals surface area contributed by atoms with Crippen molar-refractivity contribution in [3.8, 4) is 0 Å². The fraction of sp³-hybridized carbons (Fsp3) is 0.0909. The number of aromatic nitrogens is 1. The third-order valence-electron chi connectivity index (χ3n) is 2.12. The maximum Gasteiger partial charge on any atom is 0.214 e. The Hall–Kier alpha value is -2.30. The molecule has 2 rings (SSSR count). The second-order valence-electron chi connectivity index (χ2n) is 3.22. The van der Waals surface area contributed by atoms with E-state index in [1.54, 1.807) is 13.1 Å². The number of rotatable bonds is 2. The van der Waals surface area contributed by atoms with Gasteiger partial charge in [0.1, 0.15) is 0 Å². The minimum Gasteiger partial charge on any atom is -0.368 e. The normalized spacial score (nSPS) is 12.4. The van der Waals surface area contributed by atoms with E-state index in [4.69, 9.17) is 5.73 Å². The van der Waals surface area contributed by atoms with Crippen molar-refractivity contribution < 1.29 is 0 Å². The number of hydrogen-bond donors (Lipinski definition) is 3. The number of nitrogens with one attached hydrogen (secondary N) is 2. The molecule has 0 fully saturated rings. The van der Waals surface area contributed by atoms with Gasteiger partial charge in [-0.3, -0.25) is 0 Å². The lowest BCUT2D eigenvalue weighted by molar-refractivity contribution is 1.01. The highest BCUT2D eigenvalue weighted by molar-refractivity contribution is 5.94. The highest BCUT2D eigenvalue weighted by Crippen LogP contribution is 2.24. The monoisotopic (exact) mass is 215 g/mol. The lowest BCUT2D eigenvalue weighted by Gasteiger charge is -1.97.